The lowest BCUT2D eigenvalue weighted by Crippen LogP contribution is -2.50. The Bertz CT molecular complexity index is 1480. The van der Waals surface area contributed by atoms with Crippen molar-refractivity contribution in [3.63, 3.8) is 0 Å². The highest BCUT2D eigenvalue weighted by Crippen LogP contribution is 2.49. The average molecular weight is 558 g/mol. The van der Waals surface area contributed by atoms with E-state index in [2.05, 4.69) is 14.4 Å². The number of carbonyl (C=O) groups is 2. The second-order valence-corrected chi connectivity index (χ2v) is 11.7. The summed E-state index contributed by atoms with van der Waals surface area (Å²) in [6.45, 7) is 7.09. The molecule has 0 radical (unpaired) electrons. The zero-order valence-electron chi connectivity index (χ0n) is 20.7. The number of allylic oxidation sites excluding steroid dienone is 2. The Morgan fingerprint density at radius 3 is 2.22 bits per heavy atom. The third-order valence-electron chi connectivity index (χ3n) is 6.03. The van der Waals surface area contributed by atoms with Crippen LogP contribution in [0.3, 0.4) is 0 Å². The van der Waals surface area contributed by atoms with Gasteiger partial charge in [-0.2, -0.15) is 30.4 Å². The van der Waals surface area contributed by atoms with Crippen LogP contribution in [0, 0.1) is 23.7 Å². The minimum atomic E-state index is -4.80. The Hall–Kier alpha value is -2.93. The molecule has 198 valence electrons. The Kier molecular flexibility index (Phi) is 7.30. The molecule has 3 rings (SSSR count). The maximum atomic E-state index is 14.3. The summed E-state index contributed by atoms with van der Waals surface area (Å²) in [6.07, 6.45) is -2.13. The third kappa shape index (κ3) is 4.98. The van der Waals surface area contributed by atoms with E-state index in [1.54, 1.807) is 20.1 Å². The second-order valence-electron chi connectivity index (χ2n) is 9.35. The highest BCUT2D eigenvalue weighted by molar-refractivity contribution is 8.02. The van der Waals surface area contributed by atoms with E-state index in [9.17, 15) is 35.6 Å². The van der Waals surface area contributed by atoms with Gasteiger partial charge in [-0.15, -0.1) is 11.8 Å². The van der Waals surface area contributed by atoms with Crippen LogP contribution in [-0.4, -0.2) is 41.9 Å². The van der Waals surface area contributed by atoms with Crippen LogP contribution in [0.25, 0.3) is 0 Å². The molecule has 0 atom stereocenters. The number of halogens is 4. The molecule has 0 saturated heterocycles. The molecule has 0 spiro atoms. The summed E-state index contributed by atoms with van der Waals surface area (Å²) in [5.41, 5.74) is -5.32. The molecule has 37 heavy (non-hydrogen) atoms. The highest BCUT2D eigenvalue weighted by Gasteiger charge is 2.53. The number of sulfonamides is 1. The minimum Gasteiger partial charge on any atom is -0.298 e. The Balaban J connectivity index is 2.38. The standard InChI is InChI=1S/C24H23F4N3O4S2/c1-12-13(9-10-15(30-12)24(26,27)28)17(32)16-18(22(2,3)21(33)23(4,5)19(16)36-6)31-37(34,35)14-8-7-11-29-20(14)25/h7-11H,1-6H3. The molecule has 0 aromatic carbocycles. The van der Waals surface area contributed by atoms with Crippen LogP contribution >= 0.6 is 11.8 Å². The normalized spacial score (nSPS) is 18.9. The molecule has 0 aliphatic heterocycles. The fraction of sp³-hybridized carbons (Fsp3) is 0.375. The first-order valence-corrected chi connectivity index (χ1v) is 13.4. The number of ketones is 2. The zero-order chi connectivity index (χ0) is 28.1. The lowest BCUT2D eigenvalue weighted by Gasteiger charge is -2.42. The smallest absolute Gasteiger partial charge is 0.298 e. The molecule has 7 nitrogen and oxygen atoms in total. The van der Waals surface area contributed by atoms with Crippen molar-refractivity contribution in [3.05, 3.63) is 63.8 Å². The molecule has 0 unspecified atom stereocenters. The van der Waals surface area contributed by atoms with E-state index >= 15 is 0 Å². The van der Waals surface area contributed by atoms with Crippen molar-refractivity contribution >= 4 is 39.1 Å². The number of hydrogen-bond acceptors (Lipinski definition) is 7. The summed E-state index contributed by atoms with van der Waals surface area (Å²) in [5, 5.41) is 0. The van der Waals surface area contributed by atoms with Gasteiger partial charge < -0.3 is 0 Å². The van der Waals surface area contributed by atoms with Gasteiger partial charge in [0.2, 0.25) is 5.95 Å². The van der Waals surface area contributed by atoms with Crippen LogP contribution in [0.15, 0.2) is 50.2 Å². The van der Waals surface area contributed by atoms with Crippen LogP contribution in [0.1, 0.15) is 49.4 Å². The van der Waals surface area contributed by atoms with Crippen molar-refractivity contribution in [2.45, 2.75) is 45.7 Å². The molecule has 13 heteroatoms. The van der Waals surface area contributed by atoms with E-state index < -0.39 is 60.8 Å². The predicted molar refractivity (Wildman–Crippen MR) is 130 cm³/mol. The number of carbonyl (C=O) groups excluding carboxylic acids is 2. The van der Waals surface area contributed by atoms with Gasteiger partial charge in [-0.05, 0) is 65.1 Å². The van der Waals surface area contributed by atoms with Crippen molar-refractivity contribution in [2.24, 2.45) is 15.2 Å². The predicted octanol–water partition coefficient (Wildman–Crippen LogP) is 5.21. The van der Waals surface area contributed by atoms with E-state index in [1.807, 2.05) is 0 Å². The fourth-order valence-corrected chi connectivity index (χ4v) is 6.45. The molecular weight excluding hydrogens is 534 g/mol. The summed E-state index contributed by atoms with van der Waals surface area (Å²) < 4.78 is 83.8. The van der Waals surface area contributed by atoms with Gasteiger partial charge in [0.1, 0.15) is 10.6 Å². The van der Waals surface area contributed by atoms with Gasteiger partial charge in [-0.25, -0.2) is 9.97 Å². The van der Waals surface area contributed by atoms with E-state index in [0.29, 0.717) is 6.07 Å². The number of hydrogen-bond donors (Lipinski definition) is 0. The van der Waals surface area contributed by atoms with E-state index in [0.717, 1.165) is 30.1 Å². The summed E-state index contributed by atoms with van der Waals surface area (Å²) in [5.74, 6) is -2.64. The van der Waals surface area contributed by atoms with Gasteiger partial charge >= 0.3 is 6.18 Å². The van der Waals surface area contributed by atoms with Gasteiger partial charge in [0.15, 0.2) is 11.6 Å². The SMILES string of the molecule is CSC1=C(C(=O)c2ccc(C(F)(F)F)nc2C)C(=NS(=O)(=O)c2cccnc2F)C(C)(C)C(=O)C1(C)C. The van der Waals surface area contributed by atoms with Crippen LogP contribution in [0.2, 0.25) is 0 Å². The first-order valence-electron chi connectivity index (χ1n) is 10.8. The zero-order valence-corrected chi connectivity index (χ0v) is 22.3. The van der Waals surface area contributed by atoms with Gasteiger partial charge in [-0.3, -0.25) is 9.59 Å². The monoisotopic (exact) mass is 557 g/mol. The molecule has 0 amide bonds. The summed E-state index contributed by atoms with van der Waals surface area (Å²) in [6, 6.07) is 3.71. The molecule has 0 bridgehead atoms. The number of alkyl halides is 3. The molecule has 0 saturated carbocycles. The van der Waals surface area contributed by atoms with Crippen molar-refractivity contribution in [1.29, 1.82) is 0 Å². The molecule has 2 aromatic heterocycles. The maximum absolute atomic E-state index is 14.3. The topological polar surface area (TPSA) is 106 Å². The number of pyridine rings is 2. The molecule has 0 fully saturated rings. The van der Waals surface area contributed by atoms with Crippen LogP contribution in [-0.2, 0) is 21.0 Å². The Morgan fingerprint density at radius 1 is 1.08 bits per heavy atom. The molecule has 0 N–H and O–H groups in total. The quantitative estimate of drug-likeness (QED) is 0.282. The summed E-state index contributed by atoms with van der Waals surface area (Å²) in [4.78, 5) is 33.5. The lowest BCUT2D eigenvalue weighted by atomic mass is 9.63. The van der Waals surface area contributed by atoms with Crippen molar-refractivity contribution < 1.29 is 35.6 Å². The lowest BCUT2D eigenvalue weighted by molar-refractivity contribution is -0.141. The van der Waals surface area contributed by atoms with E-state index in [4.69, 9.17) is 0 Å². The Morgan fingerprint density at radius 2 is 1.70 bits per heavy atom. The van der Waals surface area contributed by atoms with Crippen LogP contribution in [0.4, 0.5) is 17.6 Å². The molecule has 1 aliphatic rings. The number of nitrogens with zero attached hydrogens (tertiary/aromatic N) is 3. The summed E-state index contributed by atoms with van der Waals surface area (Å²) in [7, 11) is -4.80. The molecule has 2 aromatic rings. The minimum absolute atomic E-state index is 0.168. The first-order chi connectivity index (χ1) is 16.9. The van der Waals surface area contributed by atoms with Crippen molar-refractivity contribution in [1.82, 2.24) is 9.97 Å². The fourth-order valence-electron chi connectivity index (χ4n) is 4.28. The average Bonchev–Trinajstić information content (AvgIpc) is 2.78. The summed E-state index contributed by atoms with van der Waals surface area (Å²) >= 11 is 1.01. The molecule has 1 aliphatic carbocycles. The van der Waals surface area contributed by atoms with E-state index in [1.165, 1.54) is 26.8 Å². The van der Waals surface area contributed by atoms with Gasteiger partial charge in [0, 0.05) is 22.4 Å². The Labute approximate surface area is 215 Å². The number of aryl methyl sites for hydroxylation is 1. The van der Waals surface area contributed by atoms with Gasteiger partial charge in [0.25, 0.3) is 10.0 Å². The second kappa shape index (κ2) is 9.43. The van der Waals surface area contributed by atoms with Gasteiger partial charge in [-0.1, -0.05) is 0 Å². The van der Waals surface area contributed by atoms with E-state index in [-0.39, 0.29) is 21.7 Å². The number of Topliss-reactive ketones (excluding diaryl/α,β-unsaturated/α-hetero) is 2. The molecular formula is C24H23F4N3O4S2. The maximum Gasteiger partial charge on any atom is 0.433 e. The highest BCUT2D eigenvalue weighted by atomic mass is 32.2. The van der Waals surface area contributed by atoms with Crippen molar-refractivity contribution in [2.75, 3.05) is 6.26 Å². The number of thioether (sulfide) groups is 1. The third-order valence-corrected chi connectivity index (χ3v) is 8.43. The first kappa shape index (κ1) is 28.6. The van der Waals surface area contributed by atoms with Crippen LogP contribution < -0.4 is 0 Å². The largest absolute Gasteiger partial charge is 0.433 e. The van der Waals surface area contributed by atoms with Crippen molar-refractivity contribution in [3.8, 4) is 0 Å². The molecule has 2 heterocycles. The number of rotatable bonds is 5. The van der Waals surface area contributed by atoms with Crippen LogP contribution in [0.5, 0.6) is 0 Å². The van der Waals surface area contributed by atoms with Gasteiger partial charge in [0.05, 0.1) is 22.1 Å². The number of aromatic nitrogens is 2.